The smallest absolute Gasteiger partial charge is 0.340 e. The molecular weight excluding hydrogens is 480 g/mol. The maximum Gasteiger partial charge on any atom is 0.340 e. The van der Waals surface area contributed by atoms with E-state index in [-0.39, 0.29) is 24.1 Å². The largest absolute Gasteiger partial charge is 0.481 e. The highest BCUT2D eigenvalue weighted by Gasteiger charge is 2.18. The van der Waals surface area contributed by atoms with E-state index in [1.165, 1.54) is 24.0 Å². The van der Waals surface area contributed by atoms with Crippen molar-refractivity contribution in [1.29, 1.82) is 0 Å². The lowest BCUT2D eigenvalue weighted by molar-refractivity contribution is 0.0377. The van der Waals surface area contributed by atoms with Crippen molar-refractivity contribution in [2.75, 3.05) is 11.9 Å². The van der Waals surface area contributed by atoms with E-state index in [1.54, 1.807) is 26.0 Å². The summed E-state index contributed by atoms with van der Waals surface area (Å²) in [5.74, 6) is 2.30. The van der Waals surface area contributed by atoms with Gasteiger partial charge in [0.15, 0.2) is 0 Å². The van der Waals surface area contributed by atoms with Gasteiger partial charge in [-0.05, 0) is 49.6 Å². The summed E-state index contributed by atoms with van der Waals surface area (Å²) in [6, 6.07) is 14.8. The van der Waals surface area contributed by atoms with Crippen molar-refractivity contribution in [3.63, 3.8) is 0 Å². The summed E-state index contributed by atoms with van der Waals surface area (Å²) in [4.78, 5) is 38.6. The summed E-state index contributed by atoms with van der Waals surface area (Å²) in [5.41, 5.74) is 3.69. The average molecular weight is 509 g/mol. The number of carbonyl (C=O) groups excluding carboxylic acids is 2. The fraction of sp³-hybridized carbons (Fsp3) is 0.233. The summed E-state index contributed by atoms with van der Waals surface area (Å²) in [6.45, 7) is 7.89. The van der Waals surface area contributed by atoms with E-state index in [2.05, 4.69) is 40.0 Å². The number of nitrogens with zero attached hydrogens (tertiary/aromatic N) is 3. The van der Waals surface area contributed by atoms with Crippen LogP contribution in [-0.4, -0.2) is 39.5 Å². The van der Waals surface area contributed by atoms with Crippen LogP contribution in [0.5, 0.6) is 5.75 Å². The van der Waals surface area contributed by atoms with E-state index in [0.29, 0.717) is 34.0 Å². The summed E-state index contributed by atoms with van der Waals surface area (Å²) in [5, 5.41) is 3.45. The van der Waals surface area contributed by atoms with Gasteiger partial charge in [0, 0.05) is 17.1 Å². The zero-order valence-electron chi connectivity index (χ0n) is 21.7. The number of esters is 1. The van der Waals surface area contributed by atoms with Crippen molar-refractivity contribution >= 4 is 28.5 Å². The lowest BCUT2D eigenvalue weighted by atomic mass is 9.99. The van der Waals surface area contributed by atoms with E-state index < -0.39 is 11.9 Å². The van der Waals surface area contributed by atoms with Crippen LogP contribution in [0.15, 0.2) is 60.9 Å². The van der Waals surface area contributed by atoms with Crippen LogP contribution in [0.4, 0.5) is 5.69 Å². The lowest BCUT2D eigenvalue weighted by Gasteiger charge is -2.12. The number of pyridine rings is 1. The number of rotatable bonds is 8. The molecule has 0 bridgehead atoms. The minimum atomic E-state index is -0.546. The number of benzene rings is 2. The number of hydrogen-bond acceptors (Lipinski definition) is 7. The molecule has 0 aliphatic carbocycles. The van der Waals surface area contributed by atoms with Gasteiger partial charge in [-0.25, -0.2) is 14.8 Å². The number of hydrogen-bond donors (Lipinski definition) is 1. The first-order valence-electron chi connectivity index (χ1n) is 12.2. The minimum absolute atomic E-state index is 0.0344. The highest BCUT2D eigenvalue weighted by Crippen LogP contribution is 2.30. The SMILES string of the molecule is C#CCOc1ccc2nc(C(=O)Nc3cncc(C(=O)OC(C)C)c3)nc(-c3ccc(C(C)C)cc3)c2c1. The van der Waals surface area contributed by atoms with Crippen LogP contribution >= 0.6 is 0 Å². The Morgan fingerprint density at radius 3 is 2.45 bits per heavy atom. The number of terminal acetylenes is 1. The van der Waals surface area contributed by atoms with E-state index in [9.17, 15) is 9.59 Å². The van der Waals surface area contributed by atoms with Crippen LogP contribution in [0.2, 0.25) is 0 Å². The molecule has 2 aromatic carbocycles. The number of ether oxygens (including phenoxy) is 2. The average Bonchev–Trinajstić information content (AvgIpc) is 2.91. The van der Waals surface area contributed by atoms with Gasteiger partial charge in [-0.1, -0.05) is 44.0 Å². The summed E-state index contributed by atoms with van der Waals surface area (Å²) < 4.78 is 10.8. The Balaban J connectivity index is 1.72. The molecule has 8 nitrogen and oxygen atoms in total. The van der Waals surface area contributed by atoms with Crippen LogP contribution < -0.4 is 10.1 Å². The molecule has 1 N–H and O–H groups in total. The summed E-state index contributed by atoms with van der Waals surface area (Å²) in [7, 11) is 0. The second-order valence-corrected chi connectivity index (χ2v) is 9.21. The first-order valence-corrected chi connectivity index (χ1v) is 12.2. The molecule has 0 spiro atoms. The quantitative estimate of drug-likeness (QED) is 0.242. The third kappa shape index (κ3) is 6.13. The van der Waals surface area contributed by atoms with Crippen molar-refractivity contribution < 1.29 is 19.1 Å². The zero-order chi connectivity index (χ0) is 27.2. The molecule has 0 fully saturated rings. The van der Waals surface area contributed by atoms with E-state index in [1.807, 2.05) is 30.3 Å². The van der Waals surface area contributed by atoms with Gasteiger partial charge in [0.1, 0.15) is 12.4 Å². The highest BCUT2D eigenvalue weighted by atomic mass is 16.5. The molecule has 0 radical (unpaired) electrons. The monoisotopic (exact) mass is 508 g/mol. The van der Waals surface area contributed by atoms with Crippen molar-refractivity contribution in [2.45, 2.75) is 39.7 Å². The molecule has 4 rings (SSSR count). The molecule has 0 unspecified atom stereocenters. The third-order valence-electron chi connectivity index (χ3n) is 5.62. The fourth-order valence-corrected chi connectivity index (χ4v) is 3.76. The van der Waals surface area contributed by atoms with Gasteiger partial charge in [0.25, 0.3) is 5.91 Å². The van der Waals surface area contributed by atoms with Crippen molar-refractivity contribution in [3.8, 4) is 29.4 Å². The van der Waals surface area contributed by atoms with Gasteiger partial charge in [-0.2, -0.15) is 0 Å². The van der Waals surface area contributed by atoms with Crippen molar-refractivity contribution in [3.05, 3.63) is 77.9 Å². The van der Waals surface area contributed by atoms with Crippen LogP contribution in [0, 0.1) is 12.3 Å². The van der Waals surface area contributed by atoms with Gasteiger partial charge in [0.05, 0.1) is 34.8 Å². The number of fused-ring (bicyclic) bond motifs is 1. The summed E-state index contributed by atoms with van der Waals surface area (Å²) in [6.07, 6.45) is 7.87. The van der Waals surface area contributed by atoms with Gasteiger partial charge in [-0.15, -0.1) is 6.42 Å². The Morgan fingerprint density at radius 2 is 1.76 bits per heavy atom. The summed E-state index contributed by atoms with van der Waals surface area (Å²) >= 11 is 0. The fourth-order valence-electron chi connectivity index (χ4n) is 3.76. The second-order valence-electron chi connectivity index (χ2n) is 9.21. The number of nitrogens with one attached hydrogen (secondary N) is 1. The van der Waals surface area contributed by atoms with Gasteiger partial charge in [0.2, 0.25) is 5.82 Å². The third-order valence-corrected chi connectivity index (χ3v) is 5.62. The molecule has 192 valence electrons. The molecule has 1 amide bonds. The van der Waals surface area contributed by atoms with E-state index in [0.717, 1.165) is 5.56 Å². The van der Waals surface area contributed by atoms with Crippen molar-refractivity contribution in [2.24, 2.45) is 0 Å². The molecular formula is C30H28N4O4. The number of anilines is 1. The Bertz CT molecular complexity index is 1520. The first-order chi connectivity index (χ1) is 18.2. The molecule has 2 heterocycles. The molecule has 0 saturated carbocycles. The number of carbonyl (C=O) groups is 2. The Morgan fingerprint density at radius 1 is 1.00 bits per heavy atom. The molecule has 8 heteroatoms. The molecule has 4 aromatic rings. The predicted octanol–water partition coefficient (Wildman–Crippen LogP) is 5.64. The molecule has 2 aromatic heterocycles. The molecule has 0 saturated heterocycles. The van der Waals surface area contributed by atoms with Crippen LogP contribution in [0.3, 0.4) is 0 Å². The van der Waals surface area contributed by atoms with Gasteiger partial charge < -0.3 is 14.8 Å². The van der Waals surface area contributed by atoms with Gasteiger partial charge >= 0.3 is 5.97 Å². The van der Waals surface area contributed by atoms with Gasteiger partial charge in [-0.3, -0.25) is 9.78 Å². The molecule has 0 aliphatic heterocycles. The van der Waals surface area contributed by atoms with Crippen LogP contribution in [0.1, 0.15) is 60.2 Å². The van der Waals surface area contributed by atoms with Crippen molar-refractivity contribution in [1.82, 2.24) is 15.0 Å². The standard InChI is InChI=1S/C30H28N4O4/c1-6-13-37-24-11-12-26-25(15-24)27(21-9-7-20(8-10-21)18(2)3)34-28(33-26)29(35)32-23-14-22(16-31-17-23)30(36)38-19(4)5/h1,7-12,14-19H,13H2,2-5H3,(H,32,35). The molecule has 38 heavy (non-hydrogen) atoms. The van der Waals surface area contributed by atoms with E-state index in [4.69, 9.17) is 15.9 Å². The zero-order valence-corrected chi connectivity index (χ0v) is 21.7. The van der Waals surface area contributed by atoms with Crippen LogP contribution in [-0.2, 0) is 4.74 Å². The topological polar surface area (TPSA) is 103 Å². The number of amides is 1. The Hall–Kier alpha value is -4.77. The number of aromatic nitrogens is 3. The first kappa shape index (κ1) is 26.3. The Kier molecular flexibility index (Phi) is 7.97. The molecule has 0 atom stereocenters. The van der Waals surface area contributed by atoms with E-state index >= 15 is 0 Å². The maximum absolute atomic E-state index is 13.2. The Labute approximate surface area is 221 Å². The minimum Gasteiger partial charge on any atom is -0.481 e. The highest BCUT2D eigenvalue weighted by molar-refractivity contribution is 6.05. The lowest BCUT2D eigenvalue weighted by Crippen LogP contribution is -2.17. The normalized spacial score (nSPS) is 10.9. The molecule has 0 aliphatic rings. The maximum atomic E-state index is 13.2. The van der Waals surface area contributed by atoms with Crippen LogP contribution in [0.25, 0.3) is 22.2 Å². The second kappa shape index (κ2) is 11.5. The predicted molar refractivity (Wildman–Crippen MR) is 146 cm³/mol.